The Balaban J connectivity index is 2.38. The molecule has 1 heterocycles. The molecule has 1 aliphatic rings. The molecule has 0 aliphatic carbocycles. The van der Waals surface area contributed by atoms with Gasteiger partial charge in [0.25, 0.3) is 0 Å². The van der Waals surface area contributed by atoms with E-state index < -0.39 is 0 Å². The van der Waals surface area contributed by atoms with E-state index in [1.54, 1.807) is 0 Å². The molecule has 0 fully saturated rings. The Bertz CT molecular complexity index is 368. The molecule has 1 aromatic rings. The monoisotopic (exact) mass is 171 g/mol. The Hall–Kier alpha value is -1.26. The maximum Gasteiger partial charge on any atom is 0.0248 e. The standard InChI is InChI=1S/C12H13N/c1-2-3-10-4-5-11-6-7-13-9-12(11)8-10/h4-5,8,13H,6-7,9H2,1H3. The lowest BCUT2D eigenvalue weighted by molar-refractivity contribution is 0.643. The van der Waals surface area contributed by atoms with Crippen LogP contribution >= 0.6 is 0 Å². The predicted octanol–water partition coefficient (Wildman–Crippen LogP) is 1.70. The summed E-state index contributed by atoms with van der Waals surface area (Å²) in [6.45, 7) is 3.97. The lowest BCUT2D eigenvalue weighted by atomic mass is 9.99. The van der Waals surface area contributed by atoms with Crippen LogP contribution in [0.1, 0.15) is 23.6 Å². The summed E-state index contributed by atoms with van der Waals surface area (Å²) in [6.07, 6.45) is 1.15. The molecule has 0 spiro atoms. The van der Waals surface area contributed by atoms with Gasteiger partial charge in [-0.2, -0.15) is 0 Å². The van der Waals surface area contributed by atoms with Crippen LogP contribution in [-0.4, -0.2) is 6.54 Å². The molecule has 1 nitrogen and oxygen atoms in total. The van der Waals surface area contributed by atoms with E-state index in [9.17, 15) is 0 Å². The fourth-order valence-corrected chi connectivity index (χ4v) is 1.70. The normalized spacial score (nSPS) is 14.2. The van der Waals surface area contributed by atoms with Crippen molar-refractivity contribution in [1.29, 1.82) is 0 Å². The smallest absolute Gasteiger partial charge is 0.0248 e. The summed E-state index contributed by atoms with van der Waals surface area (Å²) in [4.78, 5) is 0. The number of hydrogen-bond donors (Lipinski definition) is 1. The predicted molar refractivity (Wildman–Crippen MR) is 54.4 cm³/mol. The van der Waals surface area contributed by atoms with Crippen molar-refractivity contribution < 1.29 is 0 Å². The fourth-order valence-electron chi connectivity index (χ4n) is 1.70. The average Bonchev–Trinajstić information content (AvgIpc) is 2.18. The number of fused-ring (bicyclic) bond motifs is 1. The van der Waals surface area contributed by atoms with Gasteiger partial charge in [-0.05, 0) is 43.1 Å². The Morgan fingerprint density at radius 1 is 1.31 bits per heavy atom. The van der Waals surface area contributed by atoms with Crippen molar-refractivity contribution in [3.63, 3.8) is 0 Å². The van der Waals surface area contributed by atoms with Crippen LogP contribution in [0.4, 0.5) is 0 Å². The lowest BCUT2D eigenvalue weighted by Crippen LogP contribution is -2.23. The summed E-state index contributed by atoms with van der Waals surface area (Å²) in [7, 11) is 0. The van der Waals surface area contributed by atoms with Crippen molar-refractivity contribution in [2.24, 2.45) is 0 Å². The van der Waals surface area contributed by atoms with Crippen LogP contribution in [0.15, 0.2) is 18.2 Å². The Morgan fingerprint density at radius 2 is 2.23 bits per heavy atom. The van der Waals surface area contributed by atoms with Gasteiger partial charge in [0, 0.05) is 12.1 Å². The van der Waals surface area contributed by atoms with Gasteiger partial charge in [-0.1, -0.05) is 12.0 Å². The SMILES string of the molecule is CC#Cc1ccc2c(c1)CNCC2. The van der Waals surface area contributed by atoms with E-state index >= 15 is 0 Å². The second-order valence-electron chi connectivity index (χ2n) is 3.29. The van der Waals surface area contributed by atoms with Crippen LogP contribution in [0.25, 0.3) is 0 Å². The van der Waals surface area contributed by atoms with Gasteiger partial charge in [-0.3, -0.25) is 0 Å². The van der Waals surface area contributed by atoms with Crippen LogP contribution in [0.2, 0.25) is 0 Å². The first-order valence-electron chi connectivity index (χ1n) is 4.65. The minimum absolute atomic E-state index is 0.995. The van der Waals surface area contributed by atoms with E-state index in [1.165, 1.54) is 11.1 Å². The molecule has 1 N–H and O–H groups in total. The molecule has 0 atom stereocenters. The summed E-state index contributed by atoms with van der Waals surface area (Å²) in [5.41, 5.74) is 4.01. The molecule has 0 saturated carbocycles. The van der Waals surface area contributed by atoms with Gasteiger partial charge in [0.05, 0.1) is 0 Å². The zero-order chi connectivity index (χ0) is 9.10. The summed E-state index contributed by atoms with van der Waals surface area (Å²) in [5, 5.41) is 3.36. The average molecular weight is 171 g/mol. The van der Waals surface area contributed by atoms with Gasteiger partial charge >= 0.3 is 0 Å². The van der Waals surface area contributed by atoms with Crippen molar-refractivity contribution in [1.82, 2.24) is 5.32 Å². The molecule has 1 aliphatic heterocycles. The second kappa shape index (κ2) is 3.64. The number of benzene rings is 1. The minimum Gasteiger partial charge on any atom is -0.312 e. The topological polar surface area (TPSA) is 12.0 Å². The van der Waals surface area contributed by atoms with Crippen LogP contribution in [0, 0.1) is 11.8 Å². The fraction of sp³-hybridized carbons (Fsp3) is 0.333. The Kier molecular flexibility index (Phi) is 2.33. The highest BCUT2D eigenvalue weighted by molar-refractivity contribution is 5.41. The third kappa shape index (κ3) is 1.74. The lowest BCUT2D eigenvalue weighted by Gasteiger charge is -2.16. The molecular formula is C12H13N. The van der Waals surface area contributed by atoms with Gasteiger partial charge in [-0.15, -0.1) is 5.92 Å². The number of nitrogens with one attached hydrogen (secondary N) is 1. The zero-order valence-electron chi connectivity index (χ0n) is 7.85. The van der Waals surface area contributed by atoms with Crippen LogP contribution in [-0.2, 0) is 13.0 Å². The Labute approximate surface area is 79.2 Å². The van der Waals surface area contributed by atoms with E-state index in [0.717, 1.165) is 25.1 Å². The van der Waals surface area contributed by atoms with E-state index in [-0.39, 0.29) is 0 Å². The molecule has 0 amide bonds. The summed E-state index contributed by atoms with van der Waals surface area (Å²) < 4.78 is 0. The summed E-state index contributed by atoms with van der Waals surface area (Å²) >= 11 is 0. The highest BCUT2D eigenvalue weighted by Crippen LogP contribution is 2.15. The molecular weight excluding hydrogens is 158 g/mol. The second-order valence-corrected chi connectivity index (χ2v) is 3.29. The first-order chi connectivity index (χ1) is 6.40. The van der Waals surface area contributed by atoms with E-state index in [0.29, 0.717) is 0 Å². The highest BCUT2D eigenvalue weighted by Gasteiger charge is 2.07. The van der Waals surface area contributed by atoms with Crippen molar-refractivity contribution in [2.75, 3.05) is 6.54 Å². The first-order valence-corrected chi connectivity index (χ1v) is 4.65. The third-order valence-electron chi connectivity index (χ3n) is 2.36. The van der Waals surface area contributed by atoms with Crippen molar-refractivity contribution in [3.05, 3.63) is 34.9 Å². The molecule has 1 aromatic carbocycles. The molecule has 2 rings (SSSR count). The van der Waals surface area contributed by atoms with Gasteiger partial charge in [0.2, 0.25) is 0 Å². The van der Waals surface area contributed by atoms with Crippen molar-refractivity contribution in [2.45, 2.75) is 19.9 Å². The van der Waals surface area contributed by atoms with Crippen molar-refractivity contribution in [3.8, 4) is 11.8 Å². The van der Waals surface area contributed by atoms with Crippen molar-refractivity contribution >= 4 is 0 Å². The number of rotatable bonds is 0. The maximum absolute atomic E-state index is 3.36. The van der Waals surface area contributed by atoms with Gasteiger partial charge in [-0.25, -0.2) is 0 Å². The van der Waals surface area contributed by atoms with Crippen LogP contribution in [0.3, 0.4) is 0 Å². The molecule has 0 saturated heterocycles. The quantitative estimate of drug-likeness (QED) is 0.586. The molecule has 0 bridgehead atoms. The largest absolute Gasteiger partial charge is 0.312 e. The molecule has 66 valence electrons. The maximum atomic E-state index is 3.36. The molecule has 0 unspecified atom stereocenters. The summed E-state index contributed by atoms with van der Waals surface area (Å²) in [6, 6.07) is 6.51. The van der Waals surface area contributed by atoms with Crippen LogP contribution in [0.5, 0.6) is 0 Å². The minimum atomic E-state index is 0.995. The molecule has 0 radical (unpaired) electrons. The summed E-state index contributed by atoms with van der Waals surface area (Å²) in [5.74, 6) is 6.00. The third-order valence-corrected chi connectivity index (χ3v) is 2.36. The van der Waals surface area contributed by atoms with Gasteiger partial charge in [0.1, 0.15) is 0 Å². The molecule has 0 aromatic heterocycles. The van der Waals surface area contributed by atoms with Gasteiger partial charge < -0.3 is 5.32 Å². The van der Waals surface area contributed by atoms with E-state index in [2.05, 4.69) is 35.4 Å². The Morgan fingerprint density at radius 3 is 3.08 bits per heavy atom. The van der Waals surface area contributed by atoms with Gasteiger partial charge in [0.15, 0.2) is 0 Å². The van der Waals surface area contributed by atoms with Crippen LogP contribution < -0.4 is 5.32 Å². The first kappa shape index (κ1) is 8.34. The van der Waals surface area contributed by atoms with E-state index in [4.69, 9.17) is 0 Å². The highest BCUT2D eigenvalue weighted by atomic mass is 14.9. The molecule has 13 heavy (non-hydrogen) atoms. The zero-order valence-corrected chi connectivity index (χ0v) is 7.85. The van der Waals surface area contributed by atoms with E-state index in [1.807, 2.05) is 6.92 Å². The number of hydrogen-bond acceptors (Lipinski definition) is 1. The molecule has 1 heteroatoms.